The van der Waals surface area contributed by atoms with Crippen molar-refractivity contribution in [2.75, 3.05) is 6.61 Å². The highest BCUT2D eigenvalue weighted by Crippen LogP contribution is 2.22. The highest BCUT2D eigenvalue weighted by atomic mass is 16.6. The van der Waals surface area contributed by atoms with Gasteiger partial charge in [-0.3, -0.25) is 19.6 Å². The Morgan fingerprint density at radius 1 is 1.44 bits per heavy atom. The minimum absolute atomic E-state index is 0.0878. The summed E-state index contributed by atoms with van der Waals surface area (Å²) in [5, 5.41) is 26.2. The van der Waals surface area contributed by atoms with Gasteiger partial charge in [-0.05, 0) is 24.6 Å². The number of aromatic nitrogens is 2. The zero-order chi connectivity index (χ0) is 18.6. The number of nitro groups is 1. The van der Waals surface area contributed by atoms with Crippen molar-refractivity contribution < 1.29 is 24.4 Å². The van der Waals surface area contributed by atoms with Crippen molar-refractivity contribution in [2.24, 2.45) is 7.05 Å². The van der Waals surface area contributed by atoms with Gasteiger partial charge in [0.2, 0.25) is 5.69 Å². The molecule has 0 saturated heterocycles. The summed E-state index contributed by atoms with van der Waals surface area (Å²) in [5.41, 5.74) is 0.332. The van der Waals surface area contributed by atoms with Crippen LogP contribution in [0.25, 0.3) is 0 Å². The molecule has 0 radical (unpaired) electrons. The van der Waals surface area contributed by atoms with Crippen molar-refractivity contribution in [1.82, 2.24) is 15.1 Å². The number of nitrogens with zero attached hydrogens (tertiary/aromatic N) is 3. The molecule has 0 spiro atoms. The maximum absolute atomic E-state index is 12.3. The smallest absolute Gasteiger partial charge is 0.341 e. The van der Waals surface area contributed by atoms with E-state index in [1.807, 2.05) is 0 Å². The van der Waals surface area contributed by atoms with Gasteiger partial charge in [-0.25, -0.2) is 4.79 Å². The first-order chi connectivity index (χ1) is 11.8. The number of hydrogen-bond acceptors (Lipinski definition) is 6. The molecular formula is C15H16N4O6. The van der Waals surface area contributed by atoms with Crippen LogP contribution in [-0.4, -0.2) is 38.3 Å². The van der Waals surface area contributed by atoms with Gasteiger partial charge in [-0.15, -0.1) is 0 Å². The van der Waals surface area contributed by atoms with E-state index in [1.165, 1.54) is 14.0 Å². The van der Waals surface area contributed by atoms with Crippen LogP contribution in [0.2, 0.25) is 0 Å². The molecule has 1 amide bonds. The molecule has 10 nitrogen and oxygen atoms in total. The van der Waals surface area contributed by atoms with Gasteiger partial charge in [-0.2, -0.15) is 5.10 Å². The number of aryl methyl sites for hydroxylation is 2. The van der Waals surface area contributed by atoms with Crippen molar-refractivity contribution in [3.63, 3.8) is 0 Å². The Balaban J connectivity index is 2.09. The van der Waals surface area contributed by atoms with E-state index in [-0.39, 0.29) is 23.6 Å². The first kappa shape index (κ1) is 17.9. The highest BCUT2D eigenvalue weighted by Gasteiger charge is 2.28. The number of carboxylic acid groups (broad SMARTS) is 1. The molecule has 2 rings (SSSR count). The van der Waals surface area contributed by atoms with Crippen LogP contribution in [0.5, 0.6) is 5.75 Å². The fraction of sp³-hybridized carbons (Fsp3) is 0.267. The maximum atomic E-state index is 12.3. The molecule has 0 saturated carbocycles. The van der Waals surface area contributed by atoms with E-state index in [2.05, 4.69) is 10.4 Å². The van der Waals surface area contributed by atoms with E-state index in [0.717, 1.165) is 4.68 Å². The lowest BCUT2D eigenvalue weighted by Crippen LogP contribution is -2.26. The third kappa shape index (κ3) is 4.31. The molecule has 1 heterocycles. The van der Waals surface area contributed by atoms with E-state index >= 15 is 0 Å². The van der Waals surface area contributed by atoms with Gasteiger partial charge < -0.3 is 15.2 Å². The van der Waals surface area contributed by atoms with Crippen LogP contribution >= 0.6 is 0 Å². The van der Waals surface area contributed by atoms with E-state index in [4.69, 9.17) is 9.84 Å². The third-order valence-electron chi connectivity index (χ3n) is 3.30. The second-order valence-electron chi connectivity index (χ2n) is 5.18. The summed E-state index contributed by atoms with van der Waals surface area (Å²) >= 11 is 0. The van der Waals surface area contributed by atoms with Crippen LogP contribution in [0.4, 0.5) is 5.69 Å². The van der Waals surface area contributed by atoms with Crippen LogP contribution in [0.3, 0.4) is 0 Å². The molecule has 132 valence electrons. The molecule has 25 heavy (non-hydrogen) atoms. The Labute approximate surface area is 142 Å². The summed E-state index contributed by atoms with van der Waals surface area (Å²) in [6, 6.07) is 6.52. The zero-order valence-electron chi connectivity index (χ0n) is 13.6. The minimum Gasteiger partial charge on any atom is -0.482 e. The number of hydrogen-bond donors (Lipinski definition) is 2. The van der Waals surface area contributed by atoms with Crippen molar-refractivity contribution in [2.45, 2.75) is 13.5 Å². The average Bonchev–Trinajstić information content (AvgIpc) is 2.85. The summed E-state index contributed by atoms with van der Waals surface area (Å²) in [6.45, 7) is 1.07. The zero-order valence-corrected chi connectivity index (χ0v) is 13.6. The van der Waals surface area contributed by atoms with Crippen molar-refractivity contribution >= 4 is 17.6 Å². The van der Waals surface area contributed by atoms with Gasteiger partial charge in [0.05, 0.1) is 4.92 Å². The summed E-state index contributed by atoms with van der Waals surface area (Å²) in [5.74, 6) is -1.39. The van der Waals surface area contributed by atoms with Gasteiger partial charge >= 0.3 is 11.7 Å². The van der Waals surface area contributed by atoms with Crippen molar-refractivity contribution in [3.05, 3.63) is 51.3 Å². The third-order valence-corrected chi connectivity index (χ3v) is 3.30. The lowest BCUT2D eigenvalue weighted by atomic mass is 10.2. The number of carboxylic acids is 1. The van der Waals surface area contributed by atoms with Gasteiger partial charge in [0.15, 0.2) is 6.61 Å². The molecule has 0 atom stereocenters. The maximum Gasteiger partial charge on any atom is 0.341 e. The Hall–Kier alpha value is -3.43. The van der Waals surface area contributed by atoms with Gasteiger partial charge in [0, 0.05) is 13.6 Å². The normalized spacial score (nSPS) is 10.3. The lowest BCUT2D eigenvalue weighted by Gasteiger charge is -2.08. The van der Waals surface area contributed by atoms with Crippen LogP contribution in [0, 0.1) is 17.0 Å². The highest BCUT2D eigenvalue weighted by molar-refractivity contribution is 5.96. The van der Waals surface area contributed by atoms with E-state index in [9.17, 15) is 19.7 Å². The second-order valence-corrected chi connectivity index (χ2v) is 5.18. The minimum atomic E-state index is -1.10. The first-order valence-electron chi connectivity index (χ1n) is 7.19. The molecule has 10 heteroatoms. The Morgan fingerprint density at radius 2 is 2.16 bits per heavy atom. The monoisotopic (exact) mass is 348 g/mol. The molecule has 0 fully saturated rings. The molecular weight excluding hydrogens is 332 g/mol. The standard InChI is InChI=1S/C15H16N4O6/c1-9-13(19(23)24)14(18(2)17-9)15(22)16-7-10-4-3-5-11(6-10)25-8-12(20)21/h3-6H,7-8H2,1-2H3,(H,16,22)(H,20,21). The number of rotatable bonds is 7. The summed E-state index contributed by atoms with van der Waals surface area (Å²) in [6.07, 6.45) is 0. The van der Waals surface area contributed by atoms with Gasteiger partial charge in [0.25, 0.3) is 5.91 Å². The van der Waals surface area contributed by atoms with Crippen LogP contribution in [-0.2, 0) is 18.4 Å². The fourth-order valence-electron chi connectivity index (χ4n) is 2.28. The second kappa shape index (κ2) is 7.43. The largest absolute Gasteiger partial charge is 0.482 e. The number of ether oxygens (including phenoxy) is 1. The van der Waals surface area contributed by atoms with Crippen LogP contribution < -0.4 is 10.1 Å². The van der Waals surface area contributed by atoms with E-state index < -0.39 is 23.4 Å². The van der Waals surface area contributed by atoms with E-state index in [0.29, 0.717) is 11.3 Å². The quantitative estimate of drug-likeness (QED) is 0.563. The van der Waals surface area contributed by atoms with Gasteiger partial charge in [-0.1, -0.05) is 12.1 Å². The van der Waals surface area contributed by atoms with Crippen molar-refractivity contribution in [3.8, 4) is 5.75 Å². The lowest BCUT2D eigenvalue weighted by molar-refractivity contribution is -0.385. The molecule has 0 aliphatic carbocycles. The molecule has 0 aliphatic rings. The predicted octanol–water partition coefficient (Wildman–Crippen LogP) is 1.03. The van der Waals surface area contributed by atoms with Gasteiger partial charge in [0.1, 0.15) is 11.4 Å². The number of amides is 1. The number of benzene rings is 1. The first-order valence-corrected chi connectivity index (χ1v) is 7.19. The molecule has 0 aliphatic heterocycles. The summed E-state index contributed by atoms with van der Waals surface area (Å²) in [4.78, 5) is 33.3. The SMILES string of the molecule is Cc1nn(C)c(C(=O)NCc2cccc(OCC(=O)O)c2)c1[N+](=O)[O-]. The number of aliphatic carboxylic acids is 1. The number of nitrogens with one attached hydrogen (secondary N) is 1. The molecule has 1 aromatic carbocycles. The Bertz CT molecular complexity index is 829. The fourth-order valence-corrected chi connectivity index (χ4v) is 2.28. The Kier molecular flexibility index (Phi) is 5.32. The Morgan fingerprint density at radius 3 is 2.80 bits per heavy atom. The number of carbonyl (C=O) groups is 2. The molecule has 0 unspecified atom stereocenters. The van der Waals surface area contributed by atoms with Crippen LogP contribution in [0.1, 0.15) is 21.7 Å². The topological polar surface area (TPSA) is 137 Å². The molecule has 1 aromatic heterocycles. The van der Waals surface area contributed by atoms with Crippen LogP contribution in [0.15, 0.2) is 24.3 Å². The van der Waals surface area contributed by atoms with E-state index in [1.54, 1.807) is 24.3 Å². The summed E-state index contributed by atoms with van der Waals surface area (Å²) < 4.78 is 6.22. The number of carbonyl (C=O) groups excluding carboxylic acids is 1. The molecule has 2 aromatic rings. The van der Waals surface area contributed by atoms with Crippen molar-refractivity contribution in [1.29, 1.82) is 0 Å². The predicted molar refractivity (Wildman–Crippen MR) is 85.3 cm³/mol. The average molecular weight is 348 g/mol. The molecule has 2 N–H and O–H groups in total. The molecule has 0 bridgehead atoms. The summed E-state index contributed by atoms with van der Waals surface area (Å²) in [7, 11) is 1.45.